The molecule has 2 saturated carbocycles. The zero-order valence-electron chi connectivity index (χ0n) is 10.5. The van der Waals surface area contributed by atoms with Gasteiger partial charge >= 0.3 is 0 Å². The molecule has 3 unspecified atom stereocenters. The second-order valence-corrected chi connectivity index (χ2v) is 5.66. The van der Waals surface area contributed by atoms with E-state index in [1.165, 1.54) is 38.5 Å². The van der Waals surface area contributed by atoms with Crippen molar-refractivity contribution in [1.82, 2.24) is 10.6 Å². The molecule has 2 bridgehead atoms. The maximum atomic E-state index is 4.44. The average Bonchev–Trinajstić information content (AvgIpc) is 2.92. The van der Waals surface area contributed by atoms with Crippen LogP contribution >= 0.6 is 24.0 Å². The van der Waals surface area contributed by atoms with Crippen molar-refractivity contribution in [2.45, 2.75) is 38.5 Å². The summed E-state index contributed by atoms with van der Waals surface area (Å²) in [5.74, 6) is 4.19. The van der Waals surface area contributed by atoms with E-state index in [2.05, 4.69) is 15.6 Å². The number of guanidine groups is 1. The van der Waals surface area contributed by atoms with Crippen molar-refractivity contribution >= 4 is 29.9 Å². The second kappa shape index (κ2) is 6.25. The van der Waals surface area contributed by atoms with Crippen LogP contribution in [0, 0.1) is 17.8 Å². The number of nitrogens with zero attached hydrogens (tertiary/aromatic N) is 1. The normalized spacial score (nSPS) is 34.8. The Hall–Kier alpha value is 0. The van der Waals surface area contributed by atoms with E-state index < -0.39 is 0 Å². The molecule has 0 amide bonds. The summed E-state index contributed by atoms with van der Waals surface area (Å²) in [6, 6.07) is 0. The number of halogens is 1. The molecule has 17 heavy (non-hydrogen) atoms. The fourth-order valence-corrected chi connectivity index (χ4v) is 3.76. The monoisotopic (exact) mass is 349 g/mol. The Morgan fingerprint density at radius 1 is 1.29 bits per heavy atom. The summed E-state index contributed by atoms with van der Waals surface area (Å²) in [6.07, 6.45) is 8.59. The quantitative estimate of drug-likeness (QED) is 0.768. The smallest absolute Gasteiger partial charge is 0.191 e. The molecule has 1 heterocycles. The molecule has 98 valence electrons. The van der Waals surface area contributed by atoms with E-state index in [0.29, 0.717) is 0 Å². The molecule has 0 spiro atoms. The number of nitrogens with one attached hydrogen (secondary N) is 2. The lowest BCUT2D eigenvalue weighted by molar-refractivity contribution is 0.315. The average molecular weight is 349 g/mol. The third kappa shape index (κ3) is 3.26. The number of hydrogen-bond donors (Lipinski definition) is 2. The van der Waals surface area contributed by atoms with E-state index in [1.54, 1.807) is 0 Å². The first-order valence-electron chi connectivity index (χ1n) is 6.94. The highest BCUT2D eigenvalue weighted by atomic mass is 127. The standard InChI is InChI=1S/C13H23N3.HI/c1-5-14-13(15-6-1)16-7-4-12-9-10-2-3-11(12)8-10;/h10-12H,1-9H2,(H2,14,15,16);1H. The molecule has 3 atom stereocenters. The number of hydrogen-bond acceptors (Lipinski definition) is 3. The van der Waals surface area contributed by atoms with Crippen molar-refractivity contribution in [1.29, 1.82) is 0 Å². The van der Waals surface area contributed by atoms with Gasteiger partial charge in [-0.3, -0.25) is 4.99 Å². The molecule has 3 nitrogen and oxygen atoms in total. The van der Waals surface area contributed by atoms with Crippen molar-refractivity contribution in [2.75, 3.05) is 19.6 Å². The van der Waals surface area contributed by atoms with Crippen LogP contribution in [-0.4, -0.2) is 25.6 Å². The molecule has 2 N–H and O–H groups in total. The van der Waals surface area contributed by atoms with Crippen LogP contribution in [0.2, 0.25) is 0 Å². The van der Waals surface area contributed by atoms with Crippen molar-refractivity contribution in [3.05, 3.63) is 0 Å². The fraction of sp³-hybridized carbons (Fsp3) is 0.923. The van der Waals surface area contributed by atoms with Gasteiger partial charge in [0.15, 0.2) is 5.96 Å². The van der Waals surface area contributed by atoms with Crippen LogP contribution in [0.3, 0.4) is 0 Å². The predicted molar refractivity (Wildman–Crippen MR) is 81.9 cm³/mol. The largest absolute Gasteiger partial charge is 0.356 e. The van der Waals surface area contributed by atoms with E-state index in [1.807, 2.05) is 0 Å². The fourth-order valence-electron chi connectivity index (χ4n) is 3.76. The lowest BCUT2D eigenvalue weighted by Crippen LogP contribution is -2.41. The zero-order valence-corrected chi connectivity index (χ0v) is 12.8. The molecule has 3 aliphatic rings. The highest BCUT2D eigenvalue weighted by Crippen LogP contribution is 2.49. The third-order valence-electron chi connectivity index (χ3n) is 4.59. The minimum absolute atomic E-state index is 0. The summed E-state index contributed by atoms with van der Waals surface area (Å²) in [5.41, 5.74) is 0. The first-order chi connectivity index (χ1) is 7.92. The highest BCUT2D eigenvalue weighted by Gasteiger charge is 2.38. The Bertz CT molecular complexity index is 280. The van der Waals surface area contributed by atoms with Crippen LogP contribution in [0.25, 0.3) is 0 Å². The lowest BCUT2D eigenvalue weighted by atomic mass is 9.86. The maximum Gasteiger partial charge on any atom is 0.191 e. The van der Waals surface area contributed by atoms with Crippen molar-refractivity contribution in [3.8, 4) is 0 Å². The SMILES string of the molecule is C1CN=C(NCCC2CC3CCC2C3)NC1.I. The molecular formula is C13H24IN3. The topological polar surface area (TPSA) is 36.4 Å². The number of fused-ring (bicyclic) bond motifs is 2. The minimum atomic E-state index is 0. The number of rotatable bonds is 3. The summed E-state index contributed by atoms with van der Waals surface area (Å²) in [6.45, 7) is 3.18. The van der Waals surface area contributed by atoms with Gasteiger partial charge in [0.2, 0.25) is 0 Å². The van der Waals surface area contributed by atoms with Gasteiger partial charge in [0.25, 0.3) is 0 Å². The zero-order chi connectivity index (χ0) is 10.8. The molecule has 1 aliphatic heterocycles. The Labute approximate surface area is 121 Å². The van der Waals surface area contributed by atoms with Crippen molar-refractivity contribution in [2.24, 2.45) is 22.7 Å². The van der Waals surface area contributed by atoms with Gasteiger partial charge in [-0.25, -0.2) is 0 Å². The Kier molecular flexibility index (Phi) is 4.94. The number of aliphatic imine (C=N–C) groups is 1. The van der Waals surface area contributed by atoms with Gasteiger partial charge in [0, 0.05) is 19.6 Å². The second-order valence-electron chi connectivity index (χ2n) is 5.66. The first kappa shape index (κ1) is 13.4. The molecule has 0 aromatic rings. The Morgan fingerprint density at radius 3 is 2.88 bits per heavy atom. The molecule has 3 rings (SSSR count). The van der Waals surface area contributed by atoms with Gasteiger partial charge in [0.05, 0.1) is 0 Å². The van der Waals surface area contributed by atoms with E-state index in [4.69, 9.17) is 0 Å². The van der Waals surface area contributed by atoms with Crippen molar-refractivity contribution < 1.29 is 0 Å². The van der Waals surface area contributed by atoms with Gasteiger partial charge < -0.3 is 10.6 Å². The molecule has 0 saturated heterocycles. The van der Waals surface area contributed by atoms with Gasteiger partial charge in [-0.1, -0.05) is 6.42 Å². The summed E-state index contributed by atoms with van der Waals surface area (Å²) in [7, 11) is 0. The first-order valence-corrected chi connectivity index (χ1v) is 6.94. The molecule has 0 aromatic heterocycles. The van der Waals surface area contributed by atoms with Crippen LogP contribution in [0.1, 0.15) is 38.5 Å². The van der Waals surface area contributed by atoms with Crippen LogP contribution < -0.4 is 10.6 Å². The lowest BCUT2D eigenvalue weighted by Gasteiger charge is -2.22. The Morgan fingerprint density at radius 2 is 2.24 bits per heavy atom. The minimum Gasteiger partial charge on any atom is -0.356 e. The summed E-state index contributed by atoms with van der Waals surface area (Å²) < 4.78 is 0. The highest BCUT2D eigenvalue weighted by molar-refractivity contribution is 14.0. The van der Waals surface area contributed by atoms with Crippen LogP contribution in [0.5, 0.6) is 0 Å². The van der Waals surface area contributed by atoms with Crippen LogP contribution in [0.4, 0.5) is 0 Å². The third-order valence-corrected chi connectivity index (χ3v) is 4.59. The van der Waals surface area contributed by atoms with Gasteiger partial charge in [-0.05, 0) is 49.9 Å². The van der Waals surface area contributed by atoms with E-state index in [9.17, 15) is 0 Å². The molecule has 2 aliphatic carbocycles. The van der Waals surface area contributed by atoms with Crippen LogP contribution in [-0.2, 0) is 0 Å². The van der Waals surface area contributed by atoms with E-state index >= 15 is 0 Å². The Balaban J connectivity index is 0.00000108. The van der Waals surface area contributed by atoms with Crippen molar-refractivity contribution in [3.63, 3.8) is 0 Å². The maximum absolute atomic E-state index is 4.44. The van der Waals surface area contributed by atoms with Gasteiger partial charge in [-0.2, -0.15) is 0 Å². The predicted octanol–water partition coefficient (Wildman–Crippen LogP) is 2.37. The van der Waals surface area contributed by atoms with E-state index in [0.717, 1.165) is 43.3 Å². The molecular weight excluding hydrogens is 325 g/mol. The summed E-state index contributed by atoms with van der Waals surface area (Å²) in [5, 5.41) is 6.76. The van der Waals surface area contributed by atoms with Crippen LogP contribution in [0.15, 0.2) is 4.99 Å². The van der Waals surface area contributed by atoms with Gasteiger partial charge in [-0.15, -0.1) is 24.0 Å². The molecule has 0 radical (unpaired) electrons. The molecule has 2 fully saturated rings. The van der Waals surface area contributed by atoms with Gasteiger partial charge in [0.1, 0.15) is 0 Å². The van der Waals surface area contributed by atoms with E-state index in [-0.39, 0.29) is 24.0 Å². The molecule has 4 heteroatoms. The summed E-state index contributed by atoms with van der Waals surface area (Å²) in [4.78, 5) is 4.44. The molecule has 0 aromatic carbocycles. The summed E-state index contributed by atoms with van der Waals surface area (Å²) >= 11 is 0.